The molecule has 4 atom stereocenters. The smallest absolute Gasteiger partial charge is 0.349 e. The molecule has 1 aromatic heterocycles. The van der Waals surface area contributed by atoms with Crippen LogP contribution < -0.4 is 20.4 Å². The second-order valence-electron chi connectivity index (χ2n) is 11.4. The van der Waals surface area contributed by atoms with Gasteiger partial charge in [0.05, 0.1) is 32.3 Å². The molecule has 2 heterocycles. The summed E-state index contributed by atoms with van der Waals surface area (Å²) in [7, 11) is 1.45. The highest BCUT2D eigenvalue weighted by atomic mass is 16.5. The van der Waals surface area contributed by atoms with Gasteiger partial charge in [-0.05, 0) is 48.4 Å². The molecule has 0 radical (unpaired) electrons. The molecule has 0 bridgehead atoms. The number of amides is 2. The molecular weight excluding hydrogens is 592 g/mol. The number of carbonyl (C=O) groups excluding carboxylic acids is 2. The lowest BCUT2D eigenvalue weighted by Crippen LogP contribution is -2.55. The second-order valence-corrected chi connectivity index (χ2v) is 11.4. The molecule has 11 heteroatoms. The first kappa shape index (κ1) is 31.0. The van der Waals surface area contributed by atoms with E-state index in [4.69, 9.17) is 13.9 Å². The first-order chi connectivity index (χ1) is 22.2. The zero-order valence-corrected chi connectivity index (χ0v) is 25.3. The Hall–Kier alpha value is -4.97. The summed E-state index contributed by atoms with van der Waals surface area (Å²) in [5, 5.41) is 34.5. The van der Waals surface area contributed by atoms with Gasteiger partial charge in [-0.1, -0.05) is 48.0 Å². The van der Waals surface area contributed by atoms with Crippen molar-refractivity contribution >= 4 is 22.8 Å². The molecule has 1 aliphatic carbocycles. The summed E-state index contributed by atoms with van der Waals surface area (Å²) >= 11 is 0. The average molecular weight is 627 g/mol. The molecule has 6 rings (SSSR count). The van der Waals surface area contributed by atoms with Crippen molar-refractivity contribution in [3.8, 4) is 11.5 Å². The largest absolute Gasteiger partial charge is 0.493 e. The van der Waals surface area contributed by atoms with E-state index in [9.17, 15) is 29.7 Å². The molecular formula is C35H34N2O9. The van der Waals surface area contributed by atoms with E-state index < -0.39 is 41.6 Å². The Kier molecular flexibility index (Phi) is 8.63. The maximum absolute atomic E-state index is 14.4. The molecule has 1 aliphatic heterocycles. The minimum absolute atomic E-state index is 0.0164. The van der Waals surface area contributed by atoms with Crippen molar-refractivity contribution in [3.63, 3.8) is 0 Å². The van der Waals surface area contributed by atoms with Gasteiger partial charge in [0, 0.05) is 29.6 Å². The quantitative estimate of drug-likeness (QED) is 0.205. The molecule has 0 saturated heterocycles. The van der Waals surface area contributed by atoms with Crippen LogP contribution >= 0.6 is 0 Å². The van der Waals surface area contributed by atoms with Crippen molar-refractivity contribution in [2.45, 2.75) is 44.2 Å². The van der Waals surface area contributed by atoms with Gasteiger partial charge < -0.3 is 39.4 Å². The first-order valence-electron chi connectivity index (χ1n) is 14.9. The van der Waals surface area contributed by atoms with E-state index in [1.54, 1.807) is 36.4 Å². The van der Waals surface area contributed by atoms with Crippen LogP contribution in [-0.4, -0.2) is 70.5 Å². The SMILES string of the molecule is COc1cc(CO)cc2c1OC1C2C(C(=O)NCCO)=CC(N(Cc2ccc(C)cc2)C(=O)c2cc3ccccc3oc2=O)C1O. The molecule has 4 aromatic rings. The molecule has 0 saturated carbocycles. The lowest BCUT2D eigenvalue weighted by molar-refractivity contribution is -0.118. The van der Waals surface area contributed by atoms with E-state index in [1.807, 2.05) is 31.2 Å². The summed E-state index contributed by atoms with van der Waals surface area (Å²) in [4.78, 5) is 42.5. The number of hydrogen-bond acceptors (Lipinski definition) is 9. The lowest BCUT2D eigenvalue weighted by Gasteiger charge is -2.40. The monoisotopic (exact) mass is 626 g/mol. The van der Waals surface area contributed by atoms with Crippen molar-refractivity contribution in [3.05, 3.63) is 117 Å². The number of aliphatic hydroxyl groups is 3. The minimum atomic E-state index is -1.36. The molecule has 46 heavy (non-hydrogen) atoms. The molecule has 4 N–H and O–H groups in total. The van der Waals surface area contributed by atoms with Gasteiger partial charge >= 0.3 is 5.63 Å². The summed E-state index contributed by atoms with van der Waals surface area (Å²) < 4.78 is 17.3. The van der Waals surface area contributed by atoms with E-state index in [2.05, 4.69) is 5.32 Å². The molecule has 2 aliphatic rings. The number of hydrogen-bond donors (Lipinski definition) is 4. The number of nitrogens with zero attached hydrogens (tertiary/aromatic N) is 1. The van der Waals surface area contributed by atoms with E-state index in [1.165, 1.54) is 24.2 Å². The van der Waals surface area contributed by atoms with Gasteiger partial charge in [-0.15, -0.1) is 0 Å². The number of carbonyl (C=O) groups is 2. The van der Waals surface area contributed by atoms with Crippen molar-refractivity contribution < 1.29 is 38.8 Å². The van der Waals surface area contributed by atoms with E-state index >= 15 is 0 Å². The fourth-order valence-corrected chi connectivity index (χ4v) is 6.19. The van der Waals surface area contributed by atoms with Crippen LogP contribution in [0, 0.1) is 6.92 Å². The van der Waals surface area contributed by atoms with Crippen LogP contribution in [0.1, 0.15) is 38.5 Å². The predicted octanol–water partition coefficient (Wildman–Crippen LogP) is 2.57. The third-order valence-corrected chi connectivity index (χ3v) is 8.46. The van der Waals surface area contributed by atoms with Crippen LogP contribution in [-0.2, 0) is 17.9 Å². The third-order valence-electron chi connectivity index (χ3n) is 8.46. The molecule has 3 aromatic carbocycles. The normalized spacial score (nSPS) is 19.9. The molecule has 4 unspecified atom stereocenters. The number of nitrogens with one attached hydrogen (secondary N) is 1. The maximum Gasteiger partial charge on any atom is 0.349 e. The summed E-state index contributed by atoms with van der Waals surface area (Å²) in [5.41, 5.74) is 2.23. The minimum Gasteiger partial charge on any atom is -0.493 e. The van der Waals surface area contributed by atoms with Crippen LogP contribution in [0.2, 0.25) is 0 Å². The van der Waals surface area contributed by atoms with Crippen LogP contribution in [0.25, 0.3) is 11.0 Å². The number of benzene rings is 3. The highest BCUT2D eigenvalue weighted by Gasteiger charge is 2.51. The van der Waals surface area contributed by atoms with Gasteiger partial charge in [0.2, 0.25) is 5.91 Å². The number of methoxy groups -OCH3 is 1. The molecule has 238 valence electrons. The zero-order chi connectivity index (χ0) is 32.5. The number of fused-ring (bicyclic) bond motifs is 4. The Morgan fingerprint density at radius 1 is 1.02 bits per heavy atom. The number of rotatable bonds is 9. The van der Waals surface area contributed by atoms with Crippen LogP contribution in [0.4, 0.5) is 0 Å². The Bertz CT molecular complexity index is 1880. The van der Waals surface area contributed by atoms with Crippen molar-refractivity contribution in [2.24, 2.45) is 0 Å². The van der Waals surface area contributed by atoms with Gasteiger partial charge in [-0.3, -0.25) is 9.59 Å². The molecule has 0 spiro atoms. The summed E-state index contributed by atoms with van der Waals surface area (Å²) in [5.74, 6) is -1.40. The van der Waals surface area contributed by atoms with E-state index in [-0.39, 0.29) is 37.4 Å². The number of aliphatic hydroxyl groups excluding tert-OH is 3. The van der Waals surface area contributed by atoms with Crippen molar-refractivity contribution in [2.75, 3.05) is 20.3 Å². The molecule has 11 nitrogen and oxygen atoms in total. The topological polar surface area (TPSA) is 159 Å². The highest BCUT2D eigenvalue weighted by molar-refractivity contribution is 5.98. The van der Waals surface area contributed by atoms with Crippen molar-refractivity contribution in [1.82, 2.24) is 10.2 Å². The Balaban J connectivity index is 1.50. The standard InChI is InChI=1S/C35H34N2O9/c1-19-7-9-20(10-8-19)17-37(34(42)25-15-22-5-3-4-6-27(22)45-35(25)43)26-16-24(33(41)36-11-12-38)29-23-13-21(18-39)14-28(44-2)31(23)46-32(29)30(26)40/h3-10,13-16,26,29-30,32,38-40H,11-12,17-18H2,1-2H3,(H,36,41). The fraction of sp³-hybridized carbons (Fsp3) is 0.286. The van der Waals surface area contributed by atoms with E-state index in [0.29, 0.717) is 33.6 Å². The molecule has 0 fully saturated rings. The summed E-state index contributed by atoms with van der Waals surface area (Å²) in [6, 6.07) is 17.9. The number of ether oxygens (including phenoxy) is 2. The maximum atomic E-state index is 14.4. The van der Waals surface area contributed by atoms with Crippen LogP contribution in [0.3, 0.4) is 0 Å². The van der Waals surface area contributed by atoms with Crippen LogP contribution in [0.15, 0.2) is 87.6 Å². The second kappa shape index (κ2) is 12.8. The summed E-state index contributed by atoms with van der Waals surface area (Å²) in [6.07, 6.45) is -0.885. The summed E-state index contributed by atoms with van der Waals surface area (Å²) in [6.45, 7) is 1.29. The third kappa shape index (κ3) is 5.64. The van der Waals surface area contributed by atoms with Gasteiger partial charge in [-0.2, -0.15) is 0 Å². The highest BCUT2D eigenvalue weighted by Crippen LogP contribution is 2.51. The van der Waals surface area contributed by atoms with Crippen molar-refractivity contribution in [1.29, 1.82) is 0 Å². The zero-order valence-electron chi connectivity index (χ0n) is 25.3. The van der Waals surface area contributed by atoms with Crippen LogP contribution in [0.5, 0.6) is 11.5 Å². The first-order valence-corrected chi connectivity index (χ1v) is 14.9. The average Bonchev–Trinajstić information content (AvgIpc) is 3.46. The van der Waals surface area contributed by atoms with Gasteiger partial charge in [0.1, 0.15) is 23.4 Å². The predicted molar refractivity (Wildman–Crippen MR) is 168 cm³/mol. The molecule has 2 amide bonds. The van der Waals surface area contributed by atoms with Gasteiger partial charge in [0.15, 0.2) is 11.5 Å². The Morgan fingerprint density at radius 3 is 2.50 bits per heavy atom. The van der Waals surface area contributed by atoms with Gasteiger partial charge in [0.25, 0.3) is 5.91 Å². The fourth-order valence-electron chi connectivity index (χ4n) is 6.19. The number of aryl methyl sites for hydroxylation is 1. The van der Waals surface area contributed by atoms with E-state index in [0.717, 1.165) is 11.1 Å². The Labute approximate surface area is 264 Å². The van der Waals surface area contributed by atoms with Gasteiger partial charge in [-0.25, -0.2) is 4.79 Å². The number of para-hydroxylation sites is 1. The lowest BCUT2D eigenvalue weighted by atomic mass is 9.77. The Morgan fingerprint density at radius 2 is 1.78 bits per heavy atom.